The first kappa shape index (κ1) is 12.6. The number of unbranched alkanes of at least 4 members (excludes halogenated alkanes) is 2. The quantitative estimate of drug-likeness (QED) is 0.739. The second-order valence-electron chi connectivity index (χ2n) is 4.74. The molecule has 1 aromatic rings. The largest absolute Gasteiger partial charge is 0.331 e. The predicted molar refractivity (Wildman–Crippen MR) is 67.5 cm³/mol. The molecule has 5 heteroatoms. The van der Waals surface area contributed by atoms with Crippen LogP contribution in [0.5, 0.6) is 0 Å². The molecule has 0 aromatic carbocycles. The Bertz CT molecular complexity index is 588. The van der Waals surface area contributed by atoms with Crippen molar-refractivity contribution < 1.29 is 0 Å². The van der Waals surface area contributed by atoms with E-state index in [0.717, 1.165) is 32.1 Å². The lowest BCUT2D eigenvalue weighted by molar-refractivity contribution is 0.523. The highest BCUT2D eigenvalue weighted by atomic mass is 16.2. The minimum atomic E-state index is -0.449. The molecule has 1 aromatic heterocycles. The van der Waals surface area contributed by atoms with Gasteiger partial charge in [-0.2, -0.15) is 5.26 Å². The van der Waals surface area contributed by atoms with Crippen LogP contribution in [-0.4, -0.2) is 9.13 Å². The molecule has 2 rings (SSSR count). The highest BCUT2D eigenvalue weighted by Crippen LogP contribution is 2.33. The molecule has 18 heavy (non-hydrogen) atoms. The Morgan fingerprint density at radius 3 is 2.67 bits per heavy atom. The SMILES string of the molecule is CCCCCn1c(=O)c(C#N)cn(C2CC2)c1=O. The van der Waals surface area contributed by atoms with Crippen molar-refractivity contribution in [2.75, 3.05) is 0 Å². The van der Waals surface area contributed by atoms with E-state index in [9.17, 15) is 9.59 Å². The first-order chi connectivity index (χ1) is 8.69. The van der Waals surface area contributed by atoms with Crippen LogP contribution in [-0.2, 0) is 6.54 Å². The summed E-state index contributed by atoms with van der Waals surface area (Å²) in [6.07, 6.45) is 6.13. The maximum atomic E-state index is 12.2. The van der Waals surface area contributed by atoms with Crippen LogP contribution in [0.25, 0.3) is 0 Å². The van der Waals surface area contributed by atoms with Crippen LogP contribution in [0.2, 0.25) is 0 Å². The molecule has 96 valence electrons. The lowest BCUT2D eigenvalue weighted by Gasteiger charge is -2.09. The van der Waals surface area contributed by atoms with Crippen molar-refractivity contribution in [3.8, 4) is 6.07 Å². The monoisotopic (exact) mass is 247 g/mol. The fourth-order valence-electron chi connectivity index (χ4n) is 2.03. The highest BCUT2D eigenvalue weighted by molar-refractivity contribution is 5.23. The van der Waals surface area contributed by atoms with Crippen molar-refractivity contribution in [2.45, 2.75) is 51.6 Å². The number of aromatic nitrogens is 2. The summed E-state index contributed by atoms with van der Waals surface area (Å²) in [6.45, 7) is 2.48. The summed E-state index contributed by atoms with van der Waals surface area (Å²) in [7, 11) is 0. The van der Waals surface area contributed by atoms with Crippen molar-refractivity contribution >= 4 is 0 Å². The minimum Gasteiger partial charge on any atom is -0.296 e. The van der Waals surface area contributed by atoms with Crippen molar-refractivity contribution in [3.05, 3.63) is 32.6 Å². The predicted octanol–water partition coefficient (Wildman–Crippen LogP) is 1.41. The van der Waals surface area contributed by atoms with Gasteiger partial charge in [0.05, 0.1) is 0 Å². The maximum absolute atomic E-state index is 12.2. The third-order valence-electron chi connectivity index (χ3n) is 3.24. The van der Waals surface area contributed by atoms with E-state index in [1.54, 1.807) is 4.57 Å². The van der Waals surface area contributed by atoms with Crippen LogP contribution in [0.1, 0.15) is 50.6 Å². The smallest absolute Gasteiger partial charge is 0.296 e. The third kappa shape index (κ3) is 2.37. The third-order valence-corrected chi connectivity index (χ3v) is 3.24. The molecule has 0 spiro atoms. The van der Waals surface area contributed by atoms with E-state index >= 15 is 0 Å². The molecule has 0 saturated heterocycles. The number of nitriles is 1. The van der Waals surface area contributed by atoms with Crippen molar-refractivity contribution in [1.29, 1.82) is 5.26 Å². The van der Waals surface area contributed by atoms with E-state index in [1.807, 2.05) is 6.07 Å². The zero-order valence-corrected chi connectivity index (χ0v) is 10.6. The van der Waals surface area contributed by atoms with E-state index in [4.69, 9.17) is 5.26 Å². The summed E-state index contributed by atoms with van der Waals surface area (Å²) in [5, 5.41) is 8.95. The van der Waals surface area contributed by atoms with Crippen molar-refractivity contribution in [3.63, 3.8) is 0 Å². The Hall–Kier alpha value is -1.83. The summed E-state index contributed by atoms with van der Waals surface area (Å²) in [5.74, 6) is 0. The van der Waals surface area contributed by atoms with E-state index in [0.29, 0.717) is 6.54 Å². The number of rotatable bonds is 5. The average Bonchev–Trinajstić information content (AvgIpc) is 3.18. The zero-order valence-electron chi connectivity index (χ0n) is 10.6. The minimum absolute atomic E-state index is 0.0676. The molecular weight excluding hydrogens is 230 g/mol. The Kier molecular flexibility index (Phi) is 3.66. The van der Waals surface area contributed by atoms with E-state index in [2.05, 4.69) is 6.92 Å². The maximum Gasteiger partial charge on any atom is 0.331 e. The van der Waals surface area contributed by atoms with Gasteiger partial charge in [-0.15, -0.1) is 0 Å². The van der Waals surface area contributed by atoms with Crippen LogP contribution in [0.4, 0.5) is 0 Å². The molecule has 0 unspecified atom stereocenters. The molecule has 0 amide bonds. The first-order valence-corrected chi connectivity index (χ1v) is 6.45. The van der Waals surface area contributed by atoms with Gasteiger partial charge in [0.15, 0.2) is 0 Å². The molecule has 1 saturated carbocycles. The molecular formula is C13H17N3O2. The van der Waals surface area contributed by atoms with Crippen LogP contribution in [0.3, 0.4) is 0 Å². The normalized spacial score (nSPS) is 14.4. The van der Waals surface area contributed by atoms with E-state index in [1.165, 1.54) is 10.8 Å². The van der Waals surface area contributed by atoms with Gasteiger partial charge in [-0.05, 0) is 19.3 Å². The highest BCUT2D eigenvalue weighted by Gasteiger charge is 2.26. The van der Waals surface area contributed by atoms with Gasteiger partial charge in [-0.3, -0.25) is 13.9 Å². The molecule has 5 nitrogen and oxygen atoms in total. The summed E-state index contributed by atoms with van der Waals surface area (Å²) in [4.78, 5) is 24.1. The van der Waals surface area contributed by atoms with Gasteiger partial charge in [0, 0.05) is 18.8 Å². The summed E-state index contributed by atoms with van der Waals surface area (Å²) < 4.78 is 2.76. The van der Waals surface area contributed by atoms with Crippen LogP contribution in [0.15, 0.2) is 15.8 Å². The topological polar surface area (TPSA) is 67.8 Å². The lowest BCUT2D eigenvalue weighted by Crippen LogP contribution is -2.40. The van der Waals surface area contributed by atoms with Gasteiger partial charge in [0.25, 0.3) is 5.56 Å². The number of hydrogen-bond acceptors (Lipinski definition) is 3. The summed E-state index contributed by atoms with van der Waals surface area (Å²) in [5.41, 5.74) is -0.647. The molecule has 1 heterocycles. The molecule has 0 radical (unpaired) electrons. The van der Waals surface area contributed by atoms with Gasteiger partial charge < -0.3 is 0 Å². The lowest BCUT2D eigenvalue weighted by atomic mass is 10.2. The molecule has 0 atom stereocenters. The van der Waals surface area contributed by atoms with Crippen LogP contribution >= 0.6 is 0 Å². The van der Waals surface area contributed by atoms with Crippen LogP contribution < -0.4 is 11.2 Å². The number of hydrogen-bond donors (Lipinski definition) is 0. The Morgan fingerprint density at radius 2 is 2.11 bits per heavy atom. The van der Waals surface area contributed by atoms with Gasteiger partial charge in [0.1, 0.15) is 11.6 Å². The van der Waals surface area contributed by atoms with E-state index < -0.39 is 5.56 Å². The average molecular weight is 247 g/mol. The Balaban J connectivity index is 2.42. The summed E-state index contributed by atoms with van der Waals surface area (Å²) in [6, 6.07) is 2.07. The van der Waals surface area contributed by atoms with Gasteiger partial charge in [-0.25, -0.2) is 4.79 Å². The molecule has 1 aliphatic rings. The van der Waals surface area contributed by atoms with Gasteiger partial charge in [-0.1, -0.05) is 19.8 Å². The molecule has 1 fully saturated rings. The standard InChI is InChI=1S/C13H17N3O2/c1-2-3-4-7-15-12(17)10(8-14)9-16(13(15)18)11-5-6-11/h9,11H,2-7H2,1H3. The van der Waals surface area contributed by atoms with Crippen molar-refractivity contribution in [2.24, 2.45) is 0 Å². The van der Waals surface area contributed by atoms with Crippen LogP contribution in [0, 0.1) is 11.3 Å². The fourth-order valence-corrected chi connectivity index (χ4v) is 2.03. The second kappa shape index (κ2) is 5.21. The molecule has 0 bridgehead atoms. The second-order valence-corrected chi connectivity index (χ2v) is 4.74. The number of nitrogens with zero attached hydrogens (tertiary/aromatic N) is 3. The van der Waals surface area contributed by atoms with Gasteiger partial charge in [0.2, 0.25) is 0 Å². The molecule has 0 aliphatic heterocycles. The fraction of sp³-hybridized carbons (Fsp3) is 0.615. The molecule has 1 aliphatic carbocycles. The molecule has 0 N–H and O–H groups in total. The Morgan fingerprint density at radius 1 is 1.39 bits per heavy atom. The van der Waals surface area contributed by atoms with Gasteiger partial charge >= 0.3 is 5.69 Å². The summed E-state index contributed by atoms with van der Waals surface area (Å²) >= 11 is 0. The first-order valence-electron chi connectivity index (χ1n) is 6.45. The Labute approximate surface area is 105 Å². The zero-order chi connectivity index (χ0) is 13.1. The van der Waals surface area contributed by atoms with E-state index in [-0.39, 0.29) is 17.3 Å². The van der Waals surface area contributed by atoms with Crippen molar-refractivity contribution in [1.82, 2.24) is 9.13 Å².